The monoisotopic (exact) mass is 286 g/mol. The Hall–Kier alpha value is -1.07. The number of nitrogens with zero attached hydrogens (tertiary/aromatic N) is 2. The molecule has 1 aliphatic heterocycles. The Morgan fingerprint density at radius 3 is 3.00 bits per heavy atom. The van der Waals surface area contributed by atoms with Crippen LogP contribution < -0.4 is 0 Å². The molecule has 0 aromatic heterocycles. The van der Waals surface area contributed by atoms with Crippen molar-refractivity contribution in [2.45, 2.75) is 5.75 Å². The Kier molecular flexibility index (Phi) is 4.60. The van der Waals surface area contributed by atoms with E-state index in [1.807, 2.05) is 0 Å². The van der Waals surface area contributed by atoms with Crippen LogP contribution in [0.15, 0.2) is 29.3 Å². The molecule has 18 heavy (non-hydrogen) atoms. The van der Waals surface area contributed by atoms with E-state index in [0.29, 0.717) is 29.6 Å². The molecule has 0 radical (unpaired) electrons. The standard InChI is InChI=1S/C12H12ClFN2OS/c13-7-11(17)16-6-5-15-12(16)18-8-9-3-1-2-4-10(9)14/h1-4H,5-8H2. The van der Waals surface area contributed by atoms with Gasteiger partial charge in [-0.15, -0.1) is 11.6 Å². The van der Waals surface area contributed by atoms with Crippen molar-refractivity contribution in [2.75, 3.05) is 19.0 Å². The van der Waals surface area contributed by atoms with Crippen molar-refractivity contribution in [3.63, 3.8) is 0 Å². The molecule has 0 saturated heterocycles. The summed E-state index contributed by atoms with van der Waals surface area (Å²) in [5, 5.41) is 0.629. The smallest absolute Gasteiger partial charge is 0.243 e. The van der Waals surface area contributed by atoms with Crippen molar-refractivity contribution >= 4 is 34.4 Å². The molecule has 0 saturated carbocycles. The molecule has 6 heteroatoms. The summed E-state index contributed by atoms with van der Waals surface area (Å²) in [6.45, 7) is 1.15. The Morgan fingerprint density at radius 2 is 2.28 bits per heavy atom. The number of thioether (sulfide) groups is 1. The molecule has 3 nitrogen and oxygen atoms in total. The summed E-state index contributed by atoms with van der Waals surface area (Å²) in [5.74, 6) is 0.00407. The Labute approximate surface area is 114 Å². The van der Waals surface area contributed by atoms with Crippen molar-refractivity contribution in [3.05, 3.63) is 35.6 Å². The second-order valence-corrected chi connectivity index (χ2v) is 4.93. The SMILES string of the molecule is O=C(CCl)N1CCN=C1SCc1ccccc1F. The van der Waals surface area contributed by atoms with E-state index in [4.69, 9.17) is 11.6 Å². The van der Waals surface area contributed by atoms with Gasteiger partial charge in [-0.1, -0.05) is 30.0 Å². The molecule has 0 bridgehead atoms. The number of amidine groups is 1. The summed E-state index contributed by atoms with van der Waals surface area (Å²) in [7, 11) is 0. The summed E-state index contributed by atoms with van der Waals surface area (Å²) >= 11 is 6.88. The lowest BCUT2D eigenvalue weighted by Gasteiger charge is -2.16. The molecule has 0 N–H and O–H groups in total. The van der Waals surface area contributed by atoms with Crippen LogP contribution >= 0.6 is 23.4 Å². The number of carbonyl (C=O) groups is 1. The van der Waals surface area contributed by atoms with Gasteiger partial charge in [-0.3, -0.25) is 14.7 Å². The summed E-state index contributed by atoms with van der Waals surface area (Å²) in [6.07, 6.45) is 0. The summed E-state index contributed by atoms with van der Waals surface area (Å²) in [4.78, 5) is 17.3. The molecule has 1 aliphatic rings. The Morgan fingerprint density at radius 1 is 1.50 bits per heavy atom. The number of amides is 1. The van der Waals surface area contributed by atoms with Crippen LogP contribution in [-0.4, -0.2) is 34.9 Å². The van der Waals surface area contributed by atoms with E-state index in [1.165, 1.54) is 17.8 Å². The summed E-state index contributed by atoms with van der Waals surface area (Å²) in [6, 6.07) is 6.59. The van der Waals surface area contributed by atoms with Gasteiger partial charge in [-0.2, -0.15) is 0 Å². The van der Waals surface area contributed by atoms with E-state index in [0.717, 1.165) is 0 Å². The third-order valence-electron chi connectivity index (χ3n) is 2.53. The normalized spacial score (nSPS) is 14.8. The van der Waals surface area contributed by atoms with Gasteiger partial charge in [0.25, 0.3) is 0 Å². The van der Waals surface area contributed by atoms with Crippen LogP contribution in [0.3, 0.4) is 0 Å². The third-order valence-corrected chi connectivity index (χ3v) is 3.82. The van der Waals surface area contributed by atoms with Crippen LogP contribution in [0.1, 0.15) is 5.56 Å². The minimum Gasteiger partial charge on any atom is -0.289 e. The predicted molar refractivity (Wildman–Crippen MR) is 72.4 cm³/mol. The van der Waals surface area contributed by atoms with Crippen molar-refractivity contribution in [2.24, 2.45) is 4.99 Å². The fourth-order valence-electron chi connectivity index (χ4n) is 1.61. The first kappa shape index (κ1) is 13.4. The highest BCUT2D eigenvalue weighted by Gasteiger charge is 2.23. The van der Waals surface area contributed by atoms with Gasteiger partial charge in [-0.05, 0) is 11.6 Å². The minimum absolute atomic E-state index is 0.0563. The van der Waals surface area contributed by atoms with Crippen LogP contribution in [0.5, 0.6) is 0 Å². The second kappa shape index (κ2) is 6.20. The molecular weight excluding hydrogens is 275 g/mol. The van der Waals surface area contributed by atoms with Crippen LogP contribution in [0.4, 0.5) is 4.39 Å². The van der Waals surface area contributed by atoms with E-state index >= 15 is 0 Å². The number of rotatable bonds is 3. The molecule has 0 spiro atoms. The number of hydrogen-bond acceptors (Lipinski definition) is 3. The van der Waals surface area contributed by atoms with E-state index in [2.05, 4.69) is 4.99 Å². The molecule has 0 aliphatic carbocycles. The Bertz CT molecular complexity index is 481. The van der Waals surface area contributed by atoms with E-state index in [1.54, 1.807) is 23.1 Å². The third kappa shape index (κ3) is 3.03. The van der Waals surface area contributed by atoms with Gasteiger partial charge in [0.15, 0.2) is 5.17 Å². The van der Waals surface area contributed by atoms with Crippen molar-refractivity contribution < 1.29 is 9.18 Å². The molecule has 0 atom stereocenters. The highest BCUT2D eigenvalue weighted by atomic mass is 35.5. The van der Waals surface area contributed by atoms with E-state index in [9.17, 15) is 9.18 Å². The number of alkyl halides is 1. The highest BCUT2D eigenvalue weighted by molar-refractivity contribution is 8.13. The minimum atomic E-state index is -0.237. The maximum Gasteiger partial charge on any atom is 0.243 e. The molecule has 1 aromatic carbocycles. The fourth-order valence-corrected chi connectivity index (χ4v) is 2.81. The number of benzene rings is 1. The average Bonchev–Trinajstić information content (AvgIpc) is 2.85. The molecule has 1 heterocycles. The average molecular weight is 287 g/mol. The van der Waals surface area contributed by atoms with Crippen molar-refractivity contribution in [1.82, 2.24) is 4.90 Å². The highest BCUT2D eigenvalue weighted by Crippen LogP contribution is 2.21. The van der Waals surface area contributed by atoms with Crippen LogP contribution in [0.2, 0.25) is 0 Å². The summed E-state index contributed by atoms with van der Waals surface area (Å²) < 4.78 is 13.4. The molecule has 96 valence electrons. The fraction of sp³-hybridized carbons (Fsp3) is 0.333. The molecule has 1 amide bonds. The van der Waals surface area contributed by atoms with Crippen LogP contribution in [-0.2, 0) is 10.5 Å². The van der Waals surface area contributed by atoms with E-state index in [-0.39, 0.29) is 17.6 Å². The van der Waals surface area contributed by atoms with Gasteiger partial charge in [0.2, 0.25) is 5.91 Å². The zero-order chi connectivity index (χ0) is 13.0. The molecule has 1 aromatic rings. The summed E-state index contributed by atoms with van der Waals surface area (Å²) in [5.41, 5.74) is 0.607. The quantitative estimate of drug-likeness (QED) is 0.800. The van der Waals surface area contributed by atoms with Gasteiger partial charge in [0.05, 0.1) is 6.54 Å². The van der Waals surface area contributed by atoms with Gasteiger partial charge in [-0.25, -0.2) is 4.39 Å². The largest absolute Gasteiger partial charge is 0.289 e. The van der Waals surface area contributed by atoms with Crippen molar-refractivity contribution in [3.8, 4) is 0 Å². The second-order valence-electron chi connectivity index (χ2n) is 3.72. The molecule has 0 fully saturated rings. The maximum atomic E-state index is 13.4. The number of hydrogen-bond donors (Lipinski definition) is 0. The first-order valence-corrected chi connectivity index (χ1v) is 7.01. The lowest BCUT2D eigenvalue weighted by atomic mass is 10.2. The zero-order valence-electron chi connectivity index (χ0n) is 9.60. The number of carbonyl (C=O) groups excluding carboxylic acids is 1. The molecular formula is C12H12ClFN2OS. The first-order valence-electron chi connectivity index (χ1n) is 5.49. The Balaban J connectivity index is 1.98. The first-order chi connectivity index (χ1) is 8.72. The van der Waals surface area contributed by atoms with Crippen LogP contribution in [0.25, 0.3) is 0 Å². The lowest BCUT2D eigenvalue weighted by molar-refractivity contribution is -0.124. The van der Waals surface area contributed by atoms with Gasteiger partial charge in [0, 0.05) is 12.3 Å². The van der Waals surface area contributed by atoms with Gasteiger partial charge in [0.1, 0.15) is 11.7 Å². The van der Waals surface area contributed by atoms with Gasteiger partial charge < -0.3 is 0 Å². The lowest BCUT2D eigenvalue weighted by Crippen LogP contribution is -2.33. The van der Waals surface area contributed by atoms with Crippen LogP contribution in [0, 0.1) is 5.82 Å². The number of halogens is 2. The number of aliphatic imine (C=N–C) groups is 1. The maximum absolute atomic E-state index is 13.4. The molecule has 0 unspecified atom stereocenters. The topological polar surface area (TPSA) is 32.7 Å². The zero-order valence-corrected chi connectivity index (χ0v) is 11.2. The van der Waals surface area contributed by atoms with Gasteiger partial charge >= 0.3 is 0 Å². The van der Waals surface area contributed by atoms with Crippen molar-refractivity contribution in [1.29, 1.82) is 0 Å². The molecule has 2 rings (SSSR count). The van der Waals surface area contributed by atoms with E-state index < -0.39 is 0 Å². The predicted octanol–water partition coefficient (Wildman–Crippen LogP) is 2.50.